The van der Waals surface area contributed by atoms with Gasteiger partial charge in [-0.2, -0.15) is 0 Å². The summed E-state index contributed by atoms with van der Waals surface area (Å²) in [6.45, 7) is 2.92. The molecule has 0 atom stereocenters. The van der Waals surface area contributed by atoms with Crippen LogP contribution in [-0.2, 0) is 16.4 Å². The van der Waals surface area contributed by atoms with Crippen LogP contribution in [0, 0.1) is 6.92 Å². The molecule has 3 aromatic rings. The maximum Gasteiger partial charge on any atom is 0.257 e. The number of benzene rings is 1. The molecule has 0 fully saturated rings. The molecule has 0 radical (unpaired) electrons. The van der Waals surface area contributed by atoms with Gasteiger partial charge in [-0.1, -0.05) is 0 Å². The van der Waals surface area contributed by atoms with E-state index in [0.29, 0.717) is 23.8 Å². The number of fused-ring (bicyclic) bond motifs is 3. The molecule has 2 aromatic heterocycles. The Kier molecular flexibility index (Phi) is 5.37. The lowest BCUT2D eigenvalue weighted by atomic mass is 10.2. The zero-order valence-electron chi connectivity index (χ0n) is 16.5. The molecule has 0 unspecified atom stereocenters. The number of thiazole rings is 1. The lowest BCUT2D eigenvalue weighted by Gasteiger charge is -2.22. The second kappa shape index (κ2) is 8.05. The molecule has 0 bridgehead atoms. The lowest BCUT2D eigenvalue weighted by Crippen LogP contribution is -2.35. The summed E-state index contributed by atoms with van der Waals surface area (Å²) in [5.41, 5.74) is 2.46. The summed E-state index contributed by atoms with van der Waals surface area (Å²) in [6.07, 6.45) is 0.752. The fraction of sp³-hybridized carbons (Fsp3) is 0.250. The number of anilines is 1. The fourth-order valence-electron chi connectivity index (χ4n) is 3.40. The van der Waals surface area contributed by atoms with Gasteiger partial charge in [-0.15, -0.1) is 27.1 Å². The summed E-state index contributed by atoms with van der Waals surface area (Å²) in [5.74, 6) is -0.139. The Morgan fingerprint density at radius 3 is 2.94 bits per heavy atom. The van der Waals surface area contributed by atoms with Crippen LogP contribution in [0.4, 0.5) is 5.69 Å². The molecule has 4 heterocycles. The van der Waals surface area contributed by atoms with Gasteiger partial charge in [-0.3, -0.25) is 4.79 Å². The molecular weight excluding hydrogens is 473 g/mol. The van der Waals surface area contributed by atoms with Crippen molar-refractivity contribution in [3.63, 3.8) is 0 Å². The topological polar surface area (TPSA) is 91.7 Å². The van der Waals surface area contributed by atoms with Crippen LogP contribution >= 0.6 is 34.4 Å². The molecule has 0 spiro atoms. The van der Waals surface area contributed by atoms with E-state index in [1.807, 2.05) is 17.9 Å². The van der Waals surface area contributed by atoms with Gasteiger partial charge >= 0.3 is 0 Å². The highest BCUT2D eigenvalue weighted by atomic mass is 32.2. The van der Waals surface area contributed by atoms with Gasteiger partial charge in [-0.05, 0) is 55.4 Å². The second-order valence-corrected chi connectivity index (χ2v) is 12.1. The van der Waals surface area contributed by atoms with Gasteiger partial charge in [0.2, 0.25) is 0 Å². The van der Waals surface area contributed by atoms with Gasteiger partial charge in [0.1, 0.15) is 0 Å². The van der Waals surface area contributed by atoms with Gasteiger partial charge in [0.25, 0.3) is 15.9 Å². The Hall–Kier alpha value is -2.21. The summed E-state index contributed by atoms with van der Waals surface area (Å²) in [5, 5.41) is 6.55. The van der Waals surface area contributed by atoms with Crippen molar-refractivity contribution in [2.45, 2.75) is 18.2 Å². The molecule has 1 aromatic carbocycles. The van der Waals surface area contributed by atoms with Crippen LogP contribution in [0.5, 0.6) is 0 Å². The number of sulfonamides is 1. The minimum absolute atomic E-state index is 0.00521. The van der Waals surface area contributed by atoms with E-state index < -0.39 is 10.0 Å². The molecule has 0 aliphatic carbocycles. The Labute approximate surface area is 192 Å². The molecule has 1 amide bonds. The second-order valence-electron chi connectivity index (χ2n) is 7.12. The largest absolute Gasteiger partial charge is 0.352 e. The third-order valence-corrected chi connectivity index (χ3v) is 9.17. The van der Waals surface area contributed by atoms with E-state index in [4.69, 9.17) is 0 Å². The van der Waals surface area contributed by atoms with E-state index in [2.05, 4.69) is 32.2 Å². The summed E-state index contributed by atoms with van der Waals surface area (Å²) in [4.78, 5) is 22.2. The Morgan fingerprint density at radius 2 is 2.13 bits per heavy atom. The maximum atomic E-state index is 12.6. The van der Waals surface area contributed by atoms with E-state index in [-0.39, 0.29) is 11.7 Å². The minimum Gasteiger partial charge on any atom is -0.352 e. The zero-order chi connectivity index (χ0) is 21.6. The van der Waals surface area contributed by atoms with E-state index in [1.54, 1.807) is 34.8 Å². The highest BCUT2D eigenvalue weighted by Gasteiger charge is 2.33. The van der Waals surface area contributed by atoms with Gasteiger partial charge in [0.15, 0.2) is 5.17 Å². The van der Waals surface area contributed by atoms with E-state index in [1.165, 1.54) is 16.6 Å². The number of nitrogens with zero attached hydrogens (tertiary/aromatic N) is 3. The summed E-state index contributed by atoms with van der Waals surface area (Å²) < 4.78 is 27.3. The predicted molar refractivity (Wildman–Crippen MR) is 127 cm³/mol. The van der Waals surface area contributed by atoms with Crippen molar-refractivity contribution < 1.29 is 13.2 Å². The molecule has 31 heavy (non-hydrogen) atoms. The zero-order valence-corrected chi connectivity index (χ0v) is 19.8. The van der Waals surface area contributed by atoms with Crippen LogP contribution < -0.4 is 10.2 Å². The molecular formula is C20H18N4O3S4. The average molecular weight is 491 g/mol. The van der Waals surface area contributed by atoms with E-state index in [0.717, 1.165) is 32.6 Å². The summed E-state index contributed by atoms with van der Waals surface area (Å²) in [7, 11) is -3.39. The Bertz CT molecular complexity index is 1310. The van der Waals surface area contributed by atoms with Crippen LogP contribution in [0.25, 0.3) is 10.6 Å². The normalized spacial score (nSPS) is 16.5. The van der Waals surface area contributed by atoms with Crippen LogP contribution in [0.1, 0.15) is 20.2 Å². The summed E-state index contributed by atoms with van der Waals surface area (Å²) in [6, 6.07) is 9.59. The maximum absolute atomic E-state index is 12.6. The molecule has 2 aliphatic heterocycles. The van der Waals surface area contributed by atoms with Crippen LogP contribution in [0.3, 0.4) is 0 Å². The fourth-order valence-corrected chi connectivity index (χ4v) is 7.35. The third kappa shape index (κ3) is 4.27. The SMILES string of the molecule is Cc1nc(-c2ccc(CCNC(=O)c3ccc4c(c3)SC3=NS(=O)(=O)CCN34)s2)cs1. The first-order valence-corrected chi connectivity index (χ1v) is 13.7. The molecule has 160 valence electrons. The molecule has 0 saturated heterocycles. The molecule has 7 nitrogen and oxygen atoms in total. The van der Waals surface area contributed by atoms with Crippen LogP contribution in [-0.4, -0.2) is 43.3 Å². The molecule has 5 rings (SSSR count). The molecule has 2 aliphatic rings. The standard InChI is InChI=1S/C20H18N4O3S4/c1-12-22-15(11-28-12)17-5-3-14(29-17)6-7-21-19(25)13-2-4-16-18(10-13)30-20-23-31(26,27)9-8-24(16)20/h2-5,10-11H,6-9H2,1H3,(H,21,25). The van der Waals surface area contributed by atoms with E-state index in [9.17, 15) is 13.2 Å². The Balaban J connectivity index is 1.21. The number of hydrogen-bond acceptors (Lipinski definition) is 8. The predicted octanol–water partition coefficient (Wildman–Crippen LogP) is 3.76. The first kappa shape index (κ1) is 20.7. The average Bonchev–Trinajstić information content (AvgIpc) is 3.44. The van der Waals surface area contributed by atoms with Crippen molar-refractivity contribution in [2.75, 3.05) is 23.7 Å². The number of aryl methyl sites for hydroxylation is 1. The van der Waals surface area contributed by atoms with Crippen LogP contribution in [0.2, 0.25) is 0 Å². The van der Waals surface area contributed by atoms with Crippen molar-refractivity contribution >= 4 is 61.2 Å². The smallest absolute Gasteiger partial charge is 0.257 e. The number of amides is 1. The minimum atomic E-state index is -3.39. The van der Waals surface area contributed by atoms with Crippen molar-refractivity contribution in [3.8, 4) is 10.6 Å². The number of rotatable bonds is 5. The van der Waals surface area contributed by atoms with Gasteiger partial charge in [0.05, 0.1) is 27.0 Å². The Morgan fingerprint density at radius 1 is 1.26 bits per heavy atom. The van der Waals surface area contributed by atoms with Gasteiger partial charge in [-0.25, -0.2) is 13.4 Å². The van der Waals surface area contributed by atoms with Crippen molar-refractivity contribution in [1.29, 1.82) is 0 Å². The monoisotopic (exact) mass is 490 g/mol. The highest BCUT2D eigenvalue weighted by Crippen LogP contribution is 2.42. The molecule has 1 N–H and O–H groups in total. The number of nitrogens with one attached hydrogen (secondary N) is 1. The first-order valence-electron chi connectivity index (χ1n) is 9.59. The van der Waals surface area contributed by atoms with Crippen molar-refractivity contribution in [3.05, 3.63) is 51.2 Å². The highest BCUT2D eigenvalue weighted by molar-refractivity contribution is 8.15. The first-order chi connectivity index (χ1) is 14.9. The summed E-state index contributed by atoms with van der Waals surface area (Å²) >= 11 is 4.63. The number of aromatic nitrogens is 1. The van der Waals surface area contributed by atoms with Crippen molar-refractivity contribution in [1.82, 2.24) is 10.3 Å². The number of thioether (sulfide) groups is 1. The number of carbonyl (C=O) groups is 1. The quantitative estimate of drug-likeness (QED) is 0.586. The molecule has 0 saturated carbocycles. The van der Waals surface area contributed by atoms with E-state index >= 15 is 0 Å². The van der Waals surface area contributed by atoms with Crippen molar-refractivity contribution in [2.24, 2.45) is 4.40 Å². The number of hydrogen-bond donors (Lipinski definition) is 1. The third-order valence-electron chi connectivity index (χ3n) is 4.93. The van der Waals surface area contributed by atoms with Gasteiger partial charge in [0, 0.05) is 33.8 Å². The van der Waals surface area contributed by atoms with Crippen LogP contribution in [0.15, 0.2) is 45.0 Å². The number of carbonyl (C=O) groups excluding carboxylic acids is 1. The number of amidine groups is 1. The molecule has 11 heteroatoms. The van der Waals surface area contributed by atoms with Gasteiger partial charge < -0.3 is 10.2 Å². The lowest BCUT2D eigenvalue weighted by molar-refractivity contribution is 0.0954. The number of thiophene rings is 1.